The predicted octanol–water partition coefficient (Wildman–Crippen LogP) is 5.40. The lowest BCUT2D eigenvalue weighted by Crippen LogP contribution is -2.13. The zero-order valence-corrected chi connectivity index (χ0v) is 14.3. The quantitative estimate of drug-likeness (QED) is 0.517. The number of halogens is 1. The molecule has 0 unspecified atom stereocenters. The van der Waals surface area contributed by atoms with Crippen LogP contribution in [0.2, 0.25) is 0 Å². The summed E-state index contributed by atoms with van der Waals surface area (Å²) in [4.78, 5) is 12.7. The van der Waals surface area contributed by atoms with Crippen molar-refractivity contribution in [3.05, 3.63) is 96.0 Å². The molecule has 0 saturated heterocycles. The molecule has 0 fully saturated rings. The molecule has 3 aromatic carbocycles. The van der Waals surface area contributed by atoms with E-state index in [1.807, 2.05) is 48.5 Å². The van der Waals surface area contributed by atoms with Crippen molar-refractivity contribution in [2.45, 2.75) is 6.61 Å². The summed E-state index contributed by atoms with van der Waals surface area (Å²) >= 11 is 0. The molecule has 0 saturated carbocycles. The highest BCUT2D eigenvalue weighted by molar-refractivity contribution is 6.06. The monoisotopic (exact) mass is 361 g/mol. The van der Waals surface area contributed by atoms with Gasteiger partial charge in [-0.2, -0.15) is 0 Å². The smallest absolute Gasteiger partial charge is 0.291 e. The van der Waals surface area contributed by atoms with Crippen LogP contribution in [-0.4, -0.2) is 5.91 Å². The van der Waals surface area contributed by atoms with Crippen LogP contribution in [0, 0.1) is 5.82 Å². The maximum Gasteiger partial charge on any atom is 0.291 e. The van der Waals surface area contributed by atoms with E-state index < -0.39 is 5.91 Å². The van der Waals surface area contributed by atoms with Gasteiger partial charge in [0.25, 0.3) is 5.91 Å². The molecule has 1 amide bonds. The summed E-state index contributed by atoms with van der Waals surface area (Å²) in [6, 6.07) is 22.3. The molecule has 4 rings (SSSR count). The molecule has 4 nitrogen and oxygen atoms in total. The number of nitrogens with one attached hydrogen (secondary N) is 1. The molecule has 0 aliphatic heterocycles. The average molecular weight is 361 g/mol. The summed E-state index contributed by atoms with van der Waals surface area (Å²) in [5.41, 5.74) is 1.75. The number of hydrogen-bond donors (Lipinski definition) is 1. The Kier molecular flexibility index (Phi) is 4.58. The molecule has 1 N–H and O–H groups in total. The summed E-state index contributed by atoms with van der Waals surface area (Å²) in [6.07, 6.45) is 0. The van der Waals surface area contributed by atoms with Gasteiger partial charge < -0.3 is 14.5 Å². The number of carbonyl (C=O) groups excluding carboxylic acids is 1. The Balaban J connectivity index is 1.64. The number of para-hydroxylation sites is 2. The number of hydrogen-bond acceptors (Lipinski definition) is 3. The van der Waals surface area contributed by atoms with Crippen LogP contribution in [0.3, 0.4) is 0 Å². The number of rotatable bonds is 5. The van der Waals surface area contributed by atoms with Crippen LogP contribution in [0.5, 0.6) is 5.75 Å². The second-order valence-electron chi connectivity index (χ2n) is 5.97. The molecular formula is C22H16FNO3. The molecule has 1 heterocycles. The van der Waals surface area contributed by atoms with Gasteiger partial charge in [0.1, 0.15) is 23.8 Å². The van der Waals surface area contributed by atoms with Crippen LogP contribution in [0.1, 0.15) is 16.1 Å². The number of furan rings is 1. The zero-order valence-electron chi connectivity index (χ0n) is 14.3. The molecule has 134 valence electrons. The van der Waals surface area contributed by atoms with E-state index in [0.717, 1.165) is 5.39 Å². The topological polar surface area (TPSA) is 51.5 Å². The fourth-order valence-corrected chi connectivity index (χ4v) is 2.82. The molecular weight excluding hydrogens is 345 g/mol. The van der Waals surface area contributed by atoms with E-state index in [0.29, 0.717) is 22.6 Å². The Morgan fingerprint density at radius 3 is 2.41 bits per heavy atom. The highest BCUT2D eigenvalue weighted by atomic mass is 19.1. The minimum Gasteiger partial charge on any atom is -0.489 e. The van der Waals surface area contributed by atoms with E-state index in [1.165, 1.54) is 24.3 Å². The van der Waals surface area contributed by atoms with Crippen LogP contribution in [0.15, 0.2) is 83.3 Å². The third-order valence-electron chi connectivity index (χ3n) is 4.13. The third kappa shape index (κ3) is 3.67. The summed E-state index contributed by atoms with van der Waals surface area (Å²) in [5, 5.41) is 3.55. The zero-order chi connectivity index (χ0) is 18.6. The molecule has 27 heavy (non-hydrogen) atoms. The first-order valence-electron chi connectivity index (χ1n) is 8.46. The first-order valence-corrected chi connectivity index (χ1v) is 8.46. The minimum absolute atomic E-state index is 0.177. The van der Waals surface area contributed by atoms with Crippen LogP contribution < -0.4 is 10.1 Å². The highest BCUT2D eigenvalue weighted by Gasteiger charge is 2.21. The summed E-state index contributed by atoms with van der Waals surface area (Å²) in [7, 11) is 0. The van der Waals surface area contributed by atoms with Crippen LogP contribution in [-0.2, 0) is 6.61 Å². The summed E-state index contributed by atoms with van der Waals surface area (Å²) in [6.45, 7) is 0.188. The molecule has 0 aliphatic rings. The van der Waals surface area contributed by atoms with E-state index >= 15 is 0 Å². The average Bonchev–Trinajstić information content (AvgIpc) is 3.08. The van der Waals surface area contributed by atoms with Crippen molar-refractivity contribution in [2.24, 2.45) is 0 Å². The molecule has 0 radical (unpaired) electrons. The van der Waals surface area contributed by atoms with Crippen molar-refractivity contribution >= 4 is 22.6 Å². The Labute approximate surface area is 155 Å². The van der Waals surface area contributed by atoms with Crippen molar-refractivity contribution in [3.8, 4) is 5.75 Å². The number of ether oxygens (including phenoxy) is 1. The normalized spacial score (nSPS) is 10.7. The van der Waals surface area contributed by atoms with Crippen LogP contribution in [0.25, 0.3) is 11.0 Å². The fourth-order valence-electron chi connectivity index (χ4n) is 2.82. The second-order valence-corrected chi connectivity index (χ2v) is 5.97. The first kappa shape index (κ1) is 16.8. The molecule has 0 atom stereocenters. The lowest BCUT2D eigenvalue weighted by atomic mass is 10.1. The van der Waals surface area contributed by atoms with Gasteiger partial charge in [-0.3, -0.25) is 4.79 Å². The number of fused-ring (bicyclic) bond motifs is 1. The van der Waals surface area contributed by atoms with Crippen molar-refractivity contribution < 1.29 is 18.3 Å². The van der Waals surface area contributed by atoms with Gasteiger partial charge >= 0.3 is 0 Å². The molecule has 0 aliphatic carbocycles. The van der Waals surface area contributed by atoms with E-state index in [4.69, 9.17) is 9.15 Å². The molecule has 0 bridgehead atoms. The first-order chi connectivity index (χ1) is 13.2. The van der Waals surface area contributed by atoms with E-state index in [1.54, 1.807) is 6.07 Å². The van der Waals surface area contributed by atoms with Crippen LogP contribution >= 0.6 is 0 Å². The van der Waals surface area contributed by atoms with Gasteiger partial charge in [-0.1, -0.05) is 36.4 Å². The Hall–Kier alpha value is -3.60. The van der Waals surface area contributed by atoms with Crippen LogP contribution in [0.4, 0.5) is 10.1 Å². The lowest BCUT2D eigenvalue weighted by molar-refractivity contribution is 0.0995. The van der Waals surface area contributed by atoms with Crippen molar-refractivity contribution in [2.75, 3.05) is 5.32 Å². The van der Waals surface area contributed by atoms with E-state index in [2.05, 4.69) is 5.32 Å². The van der Waals surface area contributed by atoms with Gasteiger partial charge in [0.15, 0.2) is 5.76 Å². The number of carbonyl (C=O) groups is 1. The van der Waals surface area contributed by atoms with E-state index in [9.17, 15) is 9.18 Å². The van der Waals surface area contributed by atoms with Gasteiger partial charge in [0, 0.05) is 16.6 Å². The van der Waals surface area contributed by atoms with Gasteiger partial charge in [0.2, 0.25) is 0 Å². The maximum atomic E-state index is 13.1. The SMILES string of the molecule is O=C(Nc1ccc(F)cc1)c1oc2ccccc2c1COc1ccccc1. The molecule has 1 aromatic heterocycles. The van der Waals surface area contributed by atoms with Crippen molar-refractivity contribution in [1.29, 1.82) is 0 Å². The largest absolute Gasteiger partial charge is 0.489 e. The summed E-state index contributed by atoms with van der Waals surface area (Å²) < 4.78 is 24.7. The minimum atomic E-state index is -0.413. The summed E-state index contributed by atoms with van der Waals surface area (Å²) in [5.74, 6) is 0.0993. The van der Waals surface area contributed by atoms with E-state index in [-0.39, 0.29) is 18.2 Å². The van der Waals surface area contributed by atoms with Crippen molar-refractivity contribution in [3.63, 3.8) is 0 Å². The molecule has 5 heteroatoms. The van der Waals surface area contributed by atoms with Gasteiger partial charge in [-0.05, 0) is 42.5 Å². The maximum absolute atomic E-state index is 13.1. The molecule has 4 aromatic rings. The van der Waals surface area contributed by atoms with Gasteiger partial charge in [-0.25, -0.2) is 4.39 Å². The second kappa shape index (κ2) is 7.33. The number of anilines is 1. The number of benzene rings is 3. The van der Waals surface area contributed by atoms with Gasteiger partial charge in [-0.15, -0.1) is 0 Å². The molecule has 0 spiro atoms. The Morgan fingerprint density at radius 1 is 0.926 bits per heavy atom. The number of amides is 1. The van der Waals surface area contributed by atoms with Crippen molar-refractivity contribution in [1.82, 2.24) is 0 Å². The van der Waals surface area contributed by atoms with Gasteiger partial charge in [0.05, 0.1) is 0 Å². The Morgan fingerprint density at radius 2 is 1.63 bits per heavy atom. The third-order valence-corrected chi connectivity index (χ3v) is 4.13. The fraction of sp³-hybridized carbons (Fsp3) is 0.0455. The lowest BCUT2D eigenvalue weighted by Gasteiger charge is -2.08. The highest BCUT2D eigenvalue weighted by Crippen LogP contribution is 2.28. The standard InChI is InChI=1S/C22H16FNO3/c23-15-10-12-16(13-11-15)24-22(25)21-19(14-26-17-6-2-1-3-7-17)18-8-4-5-9-20(18)27-21/h1-13H,14H2,(H,24,25). The predicted molar refractivity (Wildman–Crippen MR) is 101 cm³/mol. The Bertz CT molecular complexity index is 1070.